The zero-order valence-electron chi connectivity index (χ0n) is 12.1. The molecule has 0 aliphatic rings. The number of aryl methyl sites for hydroxylation is 1. The van der Waals surface area contributed by atoms with Crippen molar-refractivity contribution in [1.29, 1.82) is 0 Å². The lowest BCUT2D eigenvalue weighted by atomic mass is 10.2. The molecule has 0 aliphatic heterocycles. The Hall–Kier alpha value is -0.520. The van der Waals surface area contributed by atoms with Crippen LogP contribution in [0.15, 0.2) is 0 Å². The molecule has 18 heavy (non-hydrogen) atoms. The highest BCUT2D eigenvalue weighted by Gasteiger charge is 2.12. The van der Waals surface area contributed by atoms with E-state index in [0.29, 0.717) is 12.6 Å². The van der Waals surface area contributed by atoms with E-state index in [0.717, 1.165) is 29.4 Å². The maximum atomic E-state index is 5.68. The third-order valence-electron chi connectivity index (χ3n) is 2.26. The van der Waals surface area contributed by atoms with E-state index < -0.39 is 0 Å². The minimum absolute atomic E-state index is 0.118. The fourth-order valence-corrected chi connectivity index (χ4v) is 2.16. The first kappa shape index (κ1) is 15.5. The van der Waals surface area contributed by atoms with Crippen LogP contribution in [0.25, 0.3) is 0 Å². The minimum Gasteiger partial charge on any atom is -0.369 e. The van der Waals surface area contributed by atoms with Gasteiger partial charge >= 0.3 is 0 Å². The summed E-state index contributed by atoms with van der Waals surface area (Å²) in [6.07, 6.45) is 2.10. The summed E-state index contributed by atoms with van der Waals surface area (Å²) >= 11 is 1.66. The van der Waals surface area contributed by atoms with Gasteiger partial charge in [-0.05, 0) is 33.7 Å². The summed E-state index contributed by atoms with van der Waals surface area (Å²) in [5, 5.41) is 13.8. The molecule has 5 heteroatoms. The average molecular weight is 271 g/mol. The Morgan fingerprint density at radius 2 is 1.89 bits per heavy atom. The van der Waals surface area contributed by atoms with Gasteiger partial charge in [0, 0.05) is 12.5 Å². The van der Waals surface area contributed by atoms with Gasteiger partial charge in [0.25, 0.3) is 0 Å². The Labute approximate surface area is 114 Å². The molecular formula is C13H25N3OS. The molecule has 0 saturated heterocycles. The molecule has 0 saturated carbocycles. The summed E-state index contributed by atoms with van der Waals surface area (Å²) in [4.78, 5) is 0. The molecule has 0 aromatic carbocycles. The quantitative estimate of drug-likeness (QED) is 0.775. The Morgan fingerprint density at radius 1 is 1.22 bits per heavy atom. The van der Waals surface area contributed by atoms with Crippen molar-refractivity contribution in [3.63, 3.8) is 0 Å². The van der Waals surface area contributed by atoms with Crippen molar-refractivity contribution in [3.05, 3.63) is 10.0 Å². The Morgan fingerprint density at radius 3 is 2.50 bits per heavy atom. The molecule has 0 spiro atoms. The molecular weight excluding hydrogens is 246 g/mol. The standard InChI is InChI=1S/C13H25N3OS/c1-10(2)14-8-6-7-11-15-16-12(18-11)9-17-13(3,4)5/h10,14H,6-9H2,1-5H3. The van der Waals surface area contributed by atoms with Gasteiger partial charge in [-0.15, -0.1) is 10.2 Å². The summed E-state index contributed by atoms with van der Waals surface area (Å²) in [6, 6.07) is 0.551. The number of ether oxygens (including phenoxy) is 1. The molecule has 0 aliphatic carbocycles. The minimum atomic E-state index is -0.118. The van der Waals surface area contributed by atoms with Crippen LogP contribution >= 0.6 is 11.3 Å². The van der Waals surface area contributed by atoms with E-state index in [1.165, 1.54) is 0 Å². The summed E-state index contributed by atoms with van der Waals surface area (Å²) in [5.74, 6) is 0. The monoisotopic (exact) mass is 271 g/mol. The first-order chi connectivity index (χ1) is 8.37. The van der Waals surface area contributed by atoms with Gasteiger partial charge in [0.2, 0.25) is 0 Å². The molecule has 1 aromatic heterocycles. The predicted octanol–water partition coefficient (Wildman–Crippen LogP) is 2.78. The lowest BCUT2D eigenvalue weighted by molar-refractivity contribution is -0.0152. The normalized spacial score (nSPS) is 12.3. The van der Waals surface area contributed by atoms with Gasteiger partial charge in [0.05, 0.1) is 5.60 Å². The molecule has 1 aromatic rings. The topological polar surface area (TPSA) is 47.0 Å². The Balaban J connectivity index is 2.26. The van der Waals surface area contributed by atoms with Gasteiger partial charge in [-0.25, -0.2) is 0 Å². The van der Waals surface area contributed by atoms with Crippen molar-refractivity contribution in [3.8, 4) is 0 Å². The molecule has 0 unspecified atom stereocenters. The van der Waals surface area contributed by atoms with Crippen molar-refractivity contribution in [2.75, 3.05) is 6.54 Å². The predicted molar refractivity (Wildman–Crippen MR) is 75.9 cm³/mol. The number of aromatic nitrogens is 2. The Bertz CT molecular complexity index is 344. The zero-order valence-corrected chi connectivity index (χ0v) is 12.9. The third-order valence-corrected chi connectivity index (χ3v) is 3.21. The van der Waals surface area contributed by atoms with Gasteiger partial charge in [0.1, 0.15) is 16.6 Å². The van der Waals surface area contributed by atoms with Crippen LogP contribution in [0.1, 0.15) is 51.1 Å². The maximum absolute atomic E-state index is 5.68. The molecule has 0 atom stereocenters. The van der Waals surface area contributed by atoms with Gasteiger partial charge in [0.15, 0.2) is 0 Å². The number of nitrogens with zero attached hydrogens (tertiary/aromatic N) is 2. The van der Waals surface area contributed by atoms with E-state index in [1.54, 1.807) is 11.3 Å². The summed E-state index contributed by atoms with van der Waals surface area (Å²) in [7, 11) is 0. The first-order valence-electron chi connectivity index (χ1n) is 6.55. The van der Waals surface area contributed by atoms with Crippen LogP contribution < -0.4 is 5.32 Å². The lowest BCUT2D eigenvalue weighted by Gasteiger charge is -2.17. The lowest BCUT2D eigenvalue weighted by Crippen LogP contribution is -2.23. The van der Waals surface area contributed by atoms with E-state index >= 15 is 0 Å². The van der Waals surface area contributed by atoms with E-state index in [4.69, 9.17) is 4.74 Å². The van der Waals surface area contributed by atoms with E-state index in [9.17, 15) is 0 Å². The largest absolute Gasteiger partial charge is 0.369 e. The van der Waals surface area contributed by atoms with Gasteiger partial charge in [-0.3, -0.25) is 0 Å². The molecule has 1 heterocycles. The van der Waals surface area contributed by atoms with E-state index in [1.807, 2.05) is 20.8 Å². The van der Waals surface area contributed by atoms with E-state index in [-0.39, 0.29) is 5.60 Å². The number of nitrogens with one attached hydrogen (secondary N) is 1. The van der Waals surface area contributed by atoms with Crippen molar-refractivity contribution >= 4 is 11.3 Å². The van der Waals surface area contributed by atoms with Gasteiger partial charge in [-0.2, -0.15) is 0 Å². The molecule has 104 valence electrons. The van der Waals surface area contributed by atoms with Crippen molar-refractivity contribution < 1.29 is 4.74 Å². The highest BCUT2D eigenvalue weighted by molar-refractivity contribution is 7.11. The molecule has 1 rings (SSSR count). The van der Waals surface area contributed by atoms with Crippen LogP contribution in [0, 0.1) is 0 Å². The highest BCUT2D eigenvalue weighted by atomic mass is 32.1. The highest BCUT2D eigenvalue weighted by Crippen LogP contribution is 2.16. The molecule has 4 nitrogen and oxygen atoms in total. The fourth-order valence-electron chi connectivity index (χ4n) is 1.36. The molecule has 0 amide bonds. The van der Waals surface area contributed by atoms with Crippen molar-refractivity contribution in [1.82, 2.24) is 15.5 Å². The Kier molecular flexibility index (Phi) is 6.18. The molecule has 0 radical (unpaired) electrons. The van der Waals surface area contributed by atoms with Crippen LogP contribution in [0.5, 0.6) is 0 Å². The van der Waals surface area contributed by atoms with Crippen LogP contribution in [-0.2, 0) is 17.8 Å². The first-order valence-corrected chi connectivity index (χ1v) is 7.37. The molecule has 0 fully saturated rings. The van der Waals surface area contributed by atoms with E-state index in [2.05, 4.69) is 29.4 Å². The van der Waals surface area contributed by atoms with Crippen molar-refractivity contribution in [2.45, 2.75) is 65.7 Å². The average Bonchev–Trinajstić information content (AvgIpc) is 2.68. The van der Waals surface area contributed by atoms with Crippen LogP contribution in [0.4, 0.5) is 0 Å². The van der Waals surface area contributed by atoms with Gasteiger partial charge < -0.3 is 10.1 Å². The second kappa shape index (κ2) is 7.16. The van der Waals surface area contributed by atoms with Crippen LogP contribution in [0.3, 0.4) is 0 Å². The van der Waals surface area contributed by atoms with Crippen LogP contribution in [-0.4, -0.2) is 28.4 Å². The van der Waals surface area contributed by atoms with Crippen LogP contribution in [0.2, 0.25) is 0 Å². The third kappa shape index (κ3) is 7.03. The zero-order chi connectivity index (χ0) is 13.6. The summed E-state index contributed by atoms with van der Waals surface area (Å²) in [6.45, 7) is 12.1. The number of rotatable bonds is 7. The smallest absolute Gasteiger partial charge is 0.143 e. The molecule has 0 bridgehead atoms. The summed E-state index contributed by atoms with van der Waals surface area (Å²) < 4.78 is 5.68. The number of hydrogen-bond acceptors (Lipinski definition) is 5. The SMILES string of the molecule is CC(C)NCCCc1nnc(COC(C)(C)C)s1. The van der Waals surface area contributed by atoms with Crippen molar-refractivity contribution in [2.24, 2.45) is 0 Å². The molecule has 1 N–H and O–H groups in total. The maximum Gasteiger partial charge on any atom is 0.143 e. The second-order valence-electron chi connectivity index (χ2n) is 5.70. The number of hydrogen-bond donors (Lipinski definition) is 1. The fraction of sp³-hybridized carbons (Fsp3) is 0.846. The second-order valence-corrected chi connectivity index (χ2v) is 6.85. The summed E-state index contributed by atoms with van der Waals surface area (Å²) in [5.41, 5.74) is -0.118. The van der Waals surface area contributed by atoms with Gasteiger partial charge in [-0.1, -0.05) is 25.2 Å².